The Hall–Kier alpha value is -1.62. The average Bonchev–Trinajstić information content (AvgIpc) is 3.15. The van der Waals surface area contributed by atoms with E-state index >= 15 is 0 Å². The van der Waals surface area contributed by atoms with Crippen LogP contribution in [0.1, 0.15) is 18.4 Å². The summed E-state index contributed by atoms with van der Waals surface area (Å²) in [6, 6.07) is 4.32. The third-order valence-electron chi connectivity index (χ3n) is 3.59. The molecule has 0 saturated heterocycles. The fourth-order valence-electron chi connectivity index (χ4n) is 2.26. The maximum atomic E-state index is 13.1. The van der Waals surface area contributed by atoms with Crippen molar-refractivity contribution in [3.8, 4) is 5.75 Å². The highest BCUT2D eigenvalue weighted by Gasteiger charge is 2.29. The molecule has 4 nitrogen and oxygen atoms in total. The number of fused-ring (bicyclic) bond motifs is 1. The molecule has 0 bridgehead atoms. The van der Waals surface area contributed by atoms with E-state index in [0.29, 0.717) is 25.3 Å². The Kier molecular flexibility index (Phi) is 3.87. The fraction of sp³-hybridized carbons (Fsp3) is 0.533. The summed E-state index contributed by atoms with van der Waals surface area (Å²) < 4.78 is 24.0. The van der Waals surface area contributed by atoms with Gasteiger partial charge in [-0.2, -0.15) is 0 Å². The first-order valence-corrected chi connectivity index (χ1v) is 7.03. The second-order valence-corrected chi connectivity index (χ2v) is 5.37. The van der Waals surface area contributed by atoms with Crippen LogP contribution in [0.15, 0.2) is 18.2 Å². The van der Waals surface area contributed by atoms with Gasteiger partial charge in [0.25, 0.3) is 5.91 Å². The number of nitrogens with one attached hydrogen (secondary N) is 1. The van der Waals surface area contributed by atoms with Crippen LogP contribution in [-0.2, 0) is 16.0 Å². The van der Waals surface area contributed by atoms with Gasteiger partial charge in [0.2, 0.25) is 0 Å². The third-order valence-corrected chi connectivity index (χ3v) is 3.59. The minimum absolute atomic E-state index is 0.170. The first-order chi connectivity index (χ1) is 9.72. The van der Waals surface area contributed by atoms with Gasteiger partial charge in [-0.05, 0) is 37.0 Å². The molecule has 108 valence electrons. The topological polar surface area (TPSA) is 47.6 Å². The zero-order chi connectivity index (χ0) is 13.9. The first-order valence-electron chi connectivity index (χ1n) is 7.03. The molecule has 1 aliphatic heterocycles. The fourth-order valence-corrected chi connectivity index (χ4v) is 2.26. The molecule has 1 N–H and O–H groups in total. The lowest BCUT2D eigenvalue weighted by molar-refractivity contribution is -0.127. The van der Waals surface area contributed by atoms with Crippen LogP contribution in [0, 0.1) is 11.7 Å². The summed E-state index contributed by atoms with van der Waals surface area (Å²) in [5, 5.41) is 2.79. The molecule has 0 radical (unpaired) electrons. The Labute approximate surface area is 117 Å². The number of carbonyl (C=O) groups is 1. The smallest absolute Gasteiger partial charge is 0.261 e. The number of hydrogen-bond acceptors (Lipinski definition) is 3. The minimum Gasteiger partial charge on any atom is -0.480 e. The SMILES string of the molecule is O=C(NCCOCC1CC1)C1Cc2cc(F)ccc2O1. The molecule has 5 heteroatoms. The molecule has 1 heterocycles. The van der Waals surface area contributed by atoms with Crippen LogP contribution in [0.25, 0.3) is 0 Å². The second kappa shape index (κ2) is 5.79. The number of halogens is 1. The van der Waals surface area contributed by atoms with Crippen LogP contribution >= 0.6 is 0 Å². The molecule has 0 spiro atoms. The lowest BCUT2D eigenvalue weighted by Crippen LogP contribution is -2.39. The molecule has 1 atom stereocenters. The number of ether oxygens (including phenoxy) is 2. The van der Waals surface area contributed by atoms with Gasteiger partial charge < -0.3 is 14.8 Å². The third kappa shape index (κ3) is 3.28. The number of carbonyl (C=O) groups excluding carboxylic acids is 1. The summed E-state index contributed by atoms with van der Waals surface area (Å²) >= 11 is 0. The molecule has 2 aliphatic rings. The monoisotopic (exact) mass is 279 g/mol. The molecule has 1 amide bonds. The molecular weight excluding hydrogens is 261 g/mol. The van der Waals surface area contributed by atoms with Crippen LogP contribution < -0.4 is 10.1 Å². The molecule has 20 heavy (non-hydrogen) atoms. The maximum absolute atomic E-state index is 13.1. The van der Waals surface area contributed by atoms with Crippen molar-refractivity contribution in [1.82, 2.24) is 5.32 Å². The lowest BCUT2D eigenvalue weighted by Gasteiger charge is -2.11. The summed E-state index contributed by atoms with van der Waals surface area (Å²) in [6.45, 7) is 1.80. The summed E-state index contributed by atoms with van der Waals surface area (Å²) in [4.78, 5) is 11.9. The van der Waals surface area contributed by atoms with E-state index in [1.54, 1.807) is 6.07 Å². The lowest BCUT2D eigenvalue weighted by atomic mass is 10.1. The zero-order valence-electron chi connectivity index (χ0n) is 11.2. The van der Waals surface area contributed by atoms with Crippen molar-refractivity contribution in [1.29, 1.82) is 0 Å². The van der Waals surface area contributed by atoms with E-state index in [1.165, 1.54) is 25.0 Å². The highest BCUT2D eigenvalue weighted by Crippen LogP contribution is 2.29. The van der Waals surface area contributed by atoms with Crippen molar-refractivity contribution >= 4 is 5.91 Å². The molecule has 3 rings (SSSR count). The van der Waals surface area contributed by atoms with Gasteiger partial charge in [0.15, 0.2) is 6.10 Å². The van der Waals surface area contributed by atoms with Gasteiger partial charge in [0.05, 0.1) is 6.61 Å². The quantitative estimate of drug-likeness (QED) is 0.806. The summed E-state index contributed by atoms with van der Waals surface area (Å²) in [7, 11) is 0. The van der Waals surface area contributed by atoms with Crippen molar-refractivity contribution < 1.29 is 18.7 Å². The van der Waals surface area contributed by atoms with E-state index in [4.69, 9.17) is 9.47 Å². The van der Waals surface area contributed by atoms with Crippen molar-refractivity contribution in [2.45, 2.75) is 25.4 Å². The summed E-state index contributed by atoms with van der Waals surface area (Å²) in [5.74, 6) is 0.850. The van der Waals surface area contributed by atoms with Crippen LogP contribution in [0.5, 0.6) is 5.75 Å². The molecule has 1 unspecified atom stereocenters. The highest BCUT2D eigenvalue weighted by atomic mass is 19.1. The van der Waals surface area contributed by atoms with Crippen LogP contribution in [0.2, 0.25) is 0 Å². The standard InChI is InChI=1S/C15H18FNO3/c16-12-3-4-13-11(7-12)8-14(20-13)15(18)17-5-6-19-9-10-1-2-10/h3-4,7,10,14H,1-2,5-6,8-9H2,(H,17,18). The Balaban J connectivity index is 1.40. The predicted octanol–water partition coefficient (Wildman–Crippen LogP) is 1.67. The molecule has 1 fully saturated rings. The van der Waals surface area contributed by atoms with E-state index in [9.17, 15) is 9.18 Å². The van der Waals surface area contributed by atoms with E-state index in [0.717, 1.165) is 18.1 Å². The summed E-state index contributed by atoms with van der Waals surface area (Å²) in [6.07, 6.45) is 2.38. The highest BCUT2D eigenvalue weighted by molar-refractivity contribution is 5.82. The Bertz CT molecular complexity index is 502. The van der Waals surface area contributed by atoms with Gasteiger partial charge in [-0.15, -0.1) is 0 Å². The van der Waals surface area contributed by atoms with E-state index in [1.807, 2.05) is 0 Å². The van der Waals surface area contributed by atoms with Gasteiger partial charge in [0, 0.05) is 25.1 Å². The number of hydrogen-bond donors (Lipinski definition) is 1. The Morgan fingerprint density at radius 2 is 2.30 bits per heavy atom. The normalized spacial score (nSPS) is 20.4. The second-order valence-electron chi connectivity index (χ2n) is 5.37. The predicted molar refractivity (Wildman–Crippen MR) is 71.1 cm³/mol. The molecular formula is C15H18FNO3. The van der Waals surface area contributed by atoms with E-state index in [-0.39, 0.29) is 11.7 Å². The van der Waals surface area contributed by atoms with Crippen LogP contribution in [0.4, 0.5) is 4.39 Å². The minimum atomic E-state index is -0.560. The molecule has 1 aromatic carbocycles. The number of rotatable bonds is 6. The van der Waals surface area contributed by atoms with Crippen molar-refractivity contribution in [2.75, 3.05) is 19.8 Å². The Morgan fingerprint density at radius 3 is 3.10 bits per heavy atom. The van der Waals surface area contributed by atoms with E-state index < -0.39 is 6.10 Å². The van der Waals surface area contributed by atoms with Gasteiger partial charge in [-0.1, -0.05) is 0 Å². The van der Waals surface area contributed by atoms with Gasteiger partial charge in [-0.3, -0.25) is 4.79 Å². The van der Waals surface area contributed by atoms with Gasteiger partial charge >= 0.3 is 0 Å². The van der Waals surface area contributed by atoms with Crippen LogP contribution in [-0.4, -0.2) is 31.8 Å². The van der Waals surface area contributed by atoms with Crippen LogP contribution in [0.3, 0.4) is 0 Å². The molecule has 0 aromatic heterocycles. The van der Waals surface area contributed by atoms with Crippen molar-refractivity contribution in [3.63, 3.8) is 0 Å². The van der Waals surface area contributed by atoms with E-state index in [2.05, 4.69) is 5.32 Å². The maximum Gasteiger partial charge on any atom is 0.261 e. The van der Waals surface area contributed by atoms with Crippen molar-refractivity contribution in [2.24, 2.45) is 5.92 Å². The zero-order valence-corrected chi connectivity index (χ0v) is 11.2. The number of benzene rings is 1. The first kappa shape index (κ1) is 13.4. The van der Waals surface area contributed by atoms with Crippen molar-refractivity contribution in [3.05, 3.63) is 29.6 Å². The molecule has 1 saturated carbocycles. The van der Waals surface area contributed by atoms with Gasteiger partial charge in [0.1, 0.15) is 11.6 Å². The molecule has 1 aliphatic carbocycles. The summed E-state index contributed by atoms with van der Waals surface area (Å²) in [5.41, 5.74) is 0.745. The Morgan fingerprint density at radius 1 is 1.45 bits per heavy atom. The average molecular weight is 279 g/mol. The number of amides is 1. The van der Waals surface area contributed by atoms with Gasteiger partial charge in [-0.25, -0.2) is 4.39 Å². The largest absolute Gasteiger partial charge is 0.480 e. The molecule has 1 aromatic rings.